The van der Waals surface area contributed by atoms with Gasteiger partial charge in [0, 0.05) is 11.4 Å². The number of halogens is 1. The molecule has 0 unspecified atom stereocenters. The molecular weight excluding hydrogens is 342 g/mol. The molecule has 0 saturated heterocycles. The highest BCUT2D eigenvalue weighted by molar-refractivity contribution is 9.11. The predicted octanol–water partition coefficient (Wildman–Crippen LogP) is 3.14. The van der Waals surface area contributed by atoms with Crippen LogP contribution in [-0.4, -0.2) is 28.1 Å². The van der Waals surface area contributed by atoms with Gasteiger partial charge in [-0.25, -0.2) is 0 Å². The smallest absolute Gasteiger partial charge is 0.323 e. The number of nitrogens with one attached hydrogen (secondary N) is 2. The van der Waals surface area contributed by atoms with Crippen molar-refractivity contribution in [2.75, 3.05) is 23.8 Å². The normalized spacial score (nSPS) is 10.3. The largest absolute Gasteiger partial charge is 0.464 e. The topological polar surface area (TPSA) is 72.0 Å². The van der Waals surface area contributed by atoms with Crippen LogP contribution in [0.5, 0.6) is 6.01 Å². The van der Waals surface area contributed by atoms with Crippen molar-refractivity contribution in [3.63, 3.8) is 0 Å². The minimum absolute atomic E-state index is 0.327. The van der Waals surface area contributed by atoms with Gasteiger partial charge in [0.05, 0.1) is 16.9 Å². The third-order valence-corrected chi connectivity index (χ3v) is 3.90. The van der Waals surface area contributed by atoms with E-state index >= 15 is 0 Å². The molecule has 0 atom stereocenters. The quantitative estimate of drug-likeness (QED) is 0.792. The summed E-state index contributed by atoms with van der Waals surface area (Å²) in [6.45, 7) is 5.81. The Kier molecular flexibility index (Phi) is 5.54. The number of anilines is 2. The fraction of sp³-hybridized carbons (Fsp3) is 0.417. The van der Waals surface area contributed by atoms with Gasteiger partial charge in [0.2, 0.25) is 11.9 Å². The van der Waals surface area contributed by atoms with Gasteiger partial charge in [-0.15, -0.1) is 11.3 Å². The third kappa shape index (κ3) is 4.31. The number of hydrogen-bond donors (Lipinski definition) is 2. The van der Waals surface area contributed by atoms with Crippen molar-refractivity contribution in [3.05, 3.63) is 20.8 Å². The number of nitrogens with zero attached hydrogens (tertiary/aromatic N) is 3. The molecular formula is C12H16BrN5OS. The van der Waals surface area contributed by atoms with Gasteiger partial charge >= 0.3 is 6.01 Å². The van der Waals surface area contributed by atoms with Crippen LogP contribution in [0.2, 0.25) is 0 Å². The SMILES string of the molecule is CCNc1nc(NCc2ccc(Br)s2)nc(OCC)n1. The predicted molar refractivity (Wildman–Crippen MR) is 84.5 cm³/mol. The van der Waals surface area contributed by atoms with Gasteiger partial charge in [-0.2, -0.15) is 15.0 Å². The van der Waals surface area contributed by atoms with Crippen LogP contribution in [0, 0.1) is 0 Å². The Bertz CT molecular complexity index is 538. The van der Waals surface area contributed by atoms with E-state index in [1.807, 2.05) is 19.9 Å². The Morgan fingerprint density at radius 1 is 1.15 bits per heavy atom. The second kappa shape index (κ2) is 7.39. The Morgan fingerprint density at radius 2 is 1.90 bits per heavy atom. The first-order valence-corrected chi connectivity index (χ1v) is 7.93. The van der Waals surface area contributed by atoms with Crippen LogP contribution in [0.25, 0.3) is 0 Å². The second-order valence-electron chi connectivity index (χ2n) is 3.79. The van der Waals surface area contributed by atoms with E-state index in [2.05, 4.69) is 47.6 Å². The minimum Gasteiger partial charge on any atom is -0.464 e. The molecule has 0 aliphatic heterocycles. The lowest BCUT2D eigenvalue weighted by Gasteiger charge is -2.08. The third-order valence-electron chi connectivity index (χ3n) is 2.27. The van der Waals surface area contributed by atoms with Crippen LogP contribution in [0.15, 0.2) is 15.9 Å². The first-order chi connectivity index (χ1) is 9.71. The number of ether oxygens (including phenoxy) is 1. The van der Waals surface area contributed by atoms with Crippen LogP contribution >= 0.6 is 27.3 Å². The van der Waals surface area contributed by atoms with E-state index < -0.39 is 0 Å². The van der Waals surface area contributed by atoms with Gasteiger partial charge in [-0.05, 0) is 41.9 Å². The van der Waals surface area contributed by atoms with Gasteiger partial charge in [-0.3, -0.25) is 0 Å². The molecule has 2 rings (SSSR count). The number of rotatable bonds is 7. The highest BCUT2D eigenvalue weighted by Gasteiger charge is 2.07. The lowest BCUT2D eigenvalue weighted by atomic mass is 10.5. The maximum Gasteiger partial charge on any atom is 0.323 e. The zero-order chi connectivity index (χ0) is 14.4. The molecule has 0 radical (unpaired) electrons. The molecule has 0 aromatic carbocycles. The van der Waals surface area contributed by atoms with Crippen LogP contribution in [-0.2, 0) is 6.54 Å². The number of aromatic nitrogens is 3. The summed E-state index contributed by atoms with van der Waals surface area (Å²) < 4.78 is 6.45. The average molecular weight is 358 g/mol. The standard InChI is InChI=1S/C12H16BrN5OS/c1-3-14-10-16-11(18-12(17-10)19-4-2)15-7-8-5-6-9(13)20-8/h5-6H,3-4,7H2,1-2H3,(H2,14,15,16,17,18). The summed E-state index contributed by atoms with van der Waals surface area (Å²) in [7, 11) is 0. The monoisotopic (exact) mass is 357 g/mol. The maximum absolute atomic E-state index is 5.34. The van der Waals surface area contributed by atoms with Gasteiger partial charge in [0.15, 0.2) is 0 Å². The molecule has 0 amide bonds. The van der Waals surface area contributed by atoms with Gasteiger partial charge in [0.1, 0.15) is 0 Å². The number of hydrogen-bond acceptors (Lipinski definition) is 7. The molecule has 20 heavy (non-hydrogen) atoms. The second-order valence-corrected chi connectivity index (χ2v) is 6.34. The van der Waals surface area contributed by atoms with Crippen LogP contribution < -0.4 is 15.4 Å². The van der Waals surface area contributed by atoms with E-state index in [1.165, 1.54) is 4.88 Å². The Morgan fingerprint density at radius 3 is 2.50 bits per heavy atom. The van der Waals surface area contributed by atoms with Gasteiger partial charge < -0.3 is 15.4 Å². The lowest BCUT2D eigenvalue weighted by Crippen LogP contribution is -2.10. The van der Waals surface area contributed by atoms with Crippen molar-refractivity contribution >= 4 is 39.2 Å². The molecule has 2 aromatic heterocycles. The highest BCUT2D eigenvalue weighted by Crippen LogP contribution is 2.22. The van der Waals surface area contributed by atoms with Crippen molar-refractivity contribution in [1.29, 1.82) is 0 Å². The van der Waals surface area contributed by atoms with Gasteiger partial charge in [-0.1, -0.05) is 0 Å². The molecule has 2 heterocycles. The van der Waals surface area contributed by atoms with Gasteiger partial charge in [0.25, 0.3) is 0 Å². The van der Waals surface area contributed by atoms with E-state index in [1.54, 1.807) is 11.3 Å². The molecule has 2 N–H and O–H groups in total. The average Bonchev–Trinajstić information content (AvgIpc) is 2.83. The number of thiophene rings is 1. The molecule has 0 bridgehead atoms. The summed E-state index contributed by atoms with van der Waals surface area (Å²) in [6.07, 6.45) is 0. The molecule has 2 aromatic rings. The molecule has 0 fully saturated rings. The summed E-state index contributed by atoms with van der Waals surface area (Å²) >= 11 is 5.11. The zero-order valence-electron chi connectivity index (χ0n) is 11.3. The molecule has 6 nitrogen and oxygen atoms in total. The lowest BCUT2D eigenvalue weighted by molar-refractivity contribution is 0.312. The Hall–Kier alpha value is -1.41. The van der Waals surface area contributed by atoms with Crippen molar-refractivity contribution in [3.8, 4) is 6.01 Å². The molecule has 8 heteroatoms. The van der Waals surface area contributed by atoms with Crippen molar-refractivity contribution in [2.24, 2.45) is 0 Å². The Balaban J connectivity index is 2.08. The van der Waals surface area contributed by atoms with Crippen LogP contribution in [0.4, 0.5) is 11.9 Å². The molecule has 108 valence electrons. The van der Waals surface area contributed by atoms with Crippen molar-refractivity contribution in [2.45, 2.75) is 20.4 Å². The first-order valence-electron chi connectivity index (χ1n) is 6.32. The van der Waals surface area contributed by atoms with E-state index in [0.29, 0.717) is 31.1 Å². The maximum atomic E-state index is 5.34. The molecule has 0 aliphatic carbocycles. The van der Waals surface area contributed by atoms with Crippen molar-refractivity contribution < 1.29 is 4.74 Å². The first kappa shape index (κ1) is 15.0. The summed E-state index contributed by atoms with van der Waals surface area (Å²) in [5.74, 6) is 1.02. The summed E-state index contributed by atoms with van der Waals surface area (Å²) in [5.41, 5.74) is 0. The minimum atomic E-state index is 0.327. The van der Waals surface area contributed by atoms with E-state index in [4.69, 9.17) is 4.74 Å². The zero-order valence-corrected chi connectivity index (χ0v) is 13.7. The van der Waals surface area contributed by atoms with E-state index in [0.717, 1.165) is 10.3 Å². The Labute approximate surface area is 130 Å². The molecule has 0 aliphatic rings. The summed E-state index contributed by atoms with van der Waals surface area (Å²) in [5, 5.41) is 6.24. The van der Waals surface area contributed by atoms with Crippen LogP contribution in [0.1, 0.15) is 18.7 Å². The molecule has 0 saturated carbocycles. The fourth-order valence-electron chi connectivity index (χ4n) is 1.48. The highest BCUT2D eigenvalue weighted by atomic mass is 79.9. The van der Waals surface area contributed by atoms with E-state index in [-0.39, 0.29) is 0 Å². The van der Waals surface area contributed by atoms with E-state index in [9.17, 15) is 0 Å². The fourth-order valence-corrected chi connectivity index (χ4v) is 2.90. The summed E-state index contributed by atoms with van der Waals surface area (Å²) in [6, 6.07) is 4.40. The van der Waals surface area contributed by atoms with Crippen molar-refractivity contribution in [1.82, 2.24) is 15.0 Å². The molecule has 0 spiro atoms. The van der Waals surface area contributed by atoms with Crippen LogP contribution in [0.3, 0.4) is 0 Å². The summed E-state index contributed by atoms with van der Waals surface area (Å²) in [4.78, 5) is 13.9.